The normalized spacial score (nSPS) is 14.5. The largest absolute Gasteiger partial charge is 0.496 e. The summed E-state index contributed by atoms with van der Waals surface area (Å²) >= 11 is 0. The van der Waals surface area contributed by atoms with E-state index in [0.717, 1.165) is 39.0 Å². The zero-order valence-corrected chi connectivity index (χ0v) is 13.5. The lowest BCUT2D eigenvalue weighted by Gasteiger charge is -2.15. The van der Waals surface area contributed by atoms with Crippen molar-refractivity contribution in [3.63, 3.8) is 0 Å². The Morgan fingerprint density at radius 2 is 1.88 bits per heavy atom. The lowest BCUT2D eigenvalue weighted by Crippen LogP contribution is -1.97. The highest BCUT2D eigenvalue weighted by atomic mass is 16.7. The Hall–Kier alpha value is -3.21. The molecule has 5 nitrogen and oxygen atoms in total. The number of rotatable bonds is 2. The minimum atomic E-state index is -0.290. The van der Waals surface area contributed by atoms with Crippen molar-refractivity contribution in [3.05, 3.63) is 53.6 Å². The quantitative estimate of drug-likeness (QED) is 0.665. The van der Waals surface area contributed by atoms with Crippen LogP contribution < -0.4 is 14.2 Å². The number of carbonyl (C=O) groups excluding carboxylic acids is 1. The molecule has 0 amide bonds. The van der Waals surface area contributed by atoms with E-state index in [-0.39, 0.29) is 19.4 Å². The molecule has 0 radical (unpaired) electrons. The van der Waals surface area contributed by atoms with Crippen molar-refractivity contribution in [1.29, 1.82) is 0 Å². The fourth-order valence-electron chi connectivity index (χ4n) is 3.55. The maximum atomic E-state index is 12.1. The van der Waals surface area contributed by atoms with Gasteiger partial charge in [0, 0.05) is 16.5 Å². The molecule has 0 atom stereocenters. The Balaban J connectivity index is 1.88. The highest BCUT2D eigenvalue weighted by molar-refractivity contribution is 6.09. The molecule has 25 heavy (non-hydrogen) atoms. The summed E-state index contributed by atoms with van der Waals surface area (Å²) in [6.45, 7) is 0.475. The Bertz CT molecular complexity index is 1040. The first-order chi connectivity index (χ1) is 12.3. The van der Waals surface area contributed by atoms with Crippen LogP contribution in [0.2, 0.25) is 0 Å². The number of methoxy groups -OCH3 is 1. The number of hydrogen-bond donors (Lipinski definition) is 0. The van der Waals surface area contributed by atoms with E-state index in [9.17, 15) is 4.79 Å². The Morgan fingerprint density at radius 3 is 2.76 bits per heavy atom. The summed E-state index contributed by atoms with van der Waals surface area (Å²) in [6.07, 6.45) is 0. The third-order valence-electron chi connectivity index (χ3n) is 4.68. The molecular weight excluding hydrogens is 320 g/mol. The number of cyclic esters (lactones) is 1. The van der Waals surface area contributed by atoms with Crippen LogP contribution >= 0.6 is 0 Å². The summed E-state index contributed by atoms with van der Waals surface area (Å²) in [5.74, 6) is 1.89. The average Bonchev–Trinajstić information content (AvgIpc) is 3.25. The van der Waals surface area contributed by atoms with Gasteiger partial charge in [-0.25, -0.2) is 4.79 Å². The molecule has 0 aliphatic carbocycles. The predicted octanol–water partition coefficient (Wildman–Crippen LogP) is 3.91. The Morgan fingerprint density at radius 1 is 1.00 bits per heavy atom. The highest BCUT2D eigenvalue weighted by Crippen LogP contribution is 2.44. The lowest BCUT2D eigenvalue weighted by atomic mass is 9.90. The molecule has 0 unspecified atom stereocenters. The van der Waals surface area contributed by atoms with Gasteiger partial charge in [0.2, 0.25) is 6.79 Å². The van der Waals surface area contributed by atoms with Crippen molar-refractivity contribution in [1.82, 2.24) is 0 Å². The summed E-state index contributed by atoms with van der Waals surface area (Å²) in [5, 5.41) is 1.89. The molecule has 3 aromatic rings. The van der Waals surface area contributed by atoms with Gasteiger partial charge in [-0.2, -0.15) is 0 Å². The number of benzene rings is 3. The summed E-state index contributed by atoms with van der Waals surface area (Å²) in [6, 6.07) is 13.5. The van der Waals surface area contributed by atoms with E-state index in [1.165, 1.54) is 0 Å². The number of hydrogen-bond acceptors (Lipinski definition) is 5. The second-order valence-corrected chi connectivity index (χ2v) is 5.98. The molecule has 0 saturated heterocycles. The van der Waals surface area contributed by atoms with Crippen LogP contribution in [0.5, 0.6) is 17.2 Å². The first kappa shape index (κ1) is 14.2. The van der Waals surface area contributed by atoms with Crippen LogP contribution in [0.25, 0.3) is 21.9 Å². The molecule has 3 aromatic carbocycles. The molecule has 0 fully saturated rings. The first-order valence-electron chi connectivity index (χ1n) is 7.96. The van der Waals surface area contributed by atoms with Crippen molar-refractivity contribution in [3.8, 4) is 28.4 Å². The van der Waals surface area contributed by atoms with Crippen LogP contribution in [0.1, 0.15) is 15.9 Å². The van der Waals surface area contributed by atoms with Crippen LogP contribution in [0, 0.1) is 0 Å². The van der Waals surface area contributed by atoms with E-state index in [1.54, 1.807) is 7.11 Å². The zero-order chi connectivity index (χ0) is 17.0. The third kappa shape index (κ3) is 1.99. The number of ether oxygens (including phenoxy) is 4. The second-order valence-electron chi connectivity index (χ2n) is 5.98. The first-order valence-corrected chi connectivity index (χ1v) is 7.96. The molecule has 124 valence electrons. The van der Waals surface area contributed by atoms with Crippen LogP contribution in [0.4, 0.5) is 0 Å². The maximum absolute atomic E-state index is 12.1. The van der Waals surface area contributed by atoms with Gasteiger partial charge in [-0.15, -0.1) is 0 Å². The van der Waals surface area contributed by atoms with E-state index in [1.807, 2.05) is 42.5 Å². The molecule has 2 aliphatic rings. The predicted molar refractivity (Wildman–Crippen MR) is 91.2 cm³/mol. The van der Waals surface area contributed by atoms with Crippen LogP contribution in [0.15, 0.2) is 42.5 Å². The van der Waals surface area contributed by atoms with Gasteiger partial charge in [-0.1, -0.05) is 18.2 Å². The average molecular weight is 334 g/mol. The Labute approximate surface area is 143 Å². The Kier molecular flexibility index (Phi) is 2.91. The van der Waals surface area contributed by atoms with E-state index in [0.29, 0.717) is 11.3 Å². The molecule has 5 rings (SSSR count). The van der Waals surface area contributed by atoms with Crippen LogP contribution in [0.3, 0.4) is 0 Å². The number of esters is 1. The van der Waals surface area contributed by atoms with Crippen molar-refractivity contribution in [2.45, 2.75) is 6.61 Å². The van der Waals surface area contributed by atoms with Crippen molar-refractivity contribution < 1.29 is 23.7 Å². The molecule has 0 saturated carbocycles. The van der Waals surface area contributed by atoms with E-state index in [4.69, 9.17) is 18.9 Å². The SMILES string of the molecule is COc1cccc2cc3c(c(-c4ccc5c(c4)OCO5)c12)COC3=O. The van der Waals surface area contributed by atoms with Gasteiger partial charge in [0.15, 0.2) is 11.5 Å². The van der Waals surface area contributed by atoms with E-state index >= 15 is 0 Å². The molecule has 0 N–H and O–H groups in total. The topological polar surface area (TPSA) is 54.0 Å². The van der Waals surface area contributed by atoms with Gasteiger partial charge < -0.3 is 18.9 Å². The standard InChI is InChI=1S/C20H14O5/c1-22-16-4-2-3-11-7-13-14(9-23-20(13)21)18(19(11)16)12-5-6-15-17(8-12)25-10-24-15/h2-8H,9-10H2,1H3. The molecule has 2 aliphatic heterocycles. The van der Waals surface area contributed by atoms with Gasteiger partial charge >= 0.3 is 5.97 Å². The summed E-state index contributed by atoms with van der Waals surface area (Å²) in [7, 11) is 1.65. The van der Waals surface area contributed by atoms with E-state index in [2.05, 4.69) is 0 Å². The summed E-state index contributed by atoms with van der Waals surface area (Å²) < 4.78 is 21.8. The highest BCUT2D eigenvalue weighted by Gasteiger charge is 2.28. The van der Waals surface area contributed by atoms with Gasteiger partial charge in [0.05, 0.1) is 12.7 Å². The van der Waals surface area contributed by atoms with Crippen LogP contribution in [-0.2, 0) is 11.3 Å². The van der Waals surface area contributed by atoms with E-state index < -0.39 is 0 Å². The minimum absolute atomic E-state index is 0.220. The van der Waals surface area contributed by atoms with Gasteiger partial charge in [-0.3, -0.25) is 0 Å². The van der Waals surface area contributed by atoms with Gasteiger partial charge in [-0.05, 0) is 35.2 Å². The van der Waals surface area contributed by atoms with Crippen molar-refractivity contribution in [2.75, 3.05) is 13.9 Å². The summed E-state index contributed by atoms with van der Waals surface area (Å²) in [4.78, 5) is 12.1. The smallest absolute Gasteiger partial charge is 0.338 e. The lowest BCUT2D eigenvalue weighted by molar-refractivity contribution is 0.0535. The molecule has 5 heteroatoms. The third-order valence-corrected chi connectivity index (χ3v) is 4.68. The van der Waals surface area contributed by atoms with Crippen LogP contribution in [-0.4, -0.2) is 19.9 Å². The molecule has 0 spiro atoms. The molecule has 0 bridgehead atoms. The van der Waals surface area contributed by atoms with Crippen molar-refractivity contribution >= 4 is 16.7 Å². The minimum Gasteiger partial charge on any atom is -0.496 e. The van der Waals surface area contributed by atoms with Gasteiger partial charge in [0.25, 0.3) is 0 Å². The number of fused-ring (bicyclic) bond motifs is 3. The zero-order valence-electron chi connectivity index (χ0n) is 13.5. The summed E-state index contributed by atoms with van der Waals surface area (Å²) in [5.41, 5.74) is 3.36. The fourth-order valence-corrected chi connectivity index (χ4v) is 3.55. The second kappa shape index (κ2) is 5.14. The molecule has 2 heterocycles. The van der Waals surface area contributed by atoms with Crippen molar-refractivity contribution in [2.24, 2.45) is 0 Å². The molecular formula is C20H14O5. The molecule has 0 aromatic heterocycles. The fraction of sp³-hybridized carbons (Fsp3) is 0.150. The number of carbonyl (C=O) groups is 1. The van der Waals surface area contributed by atoms with Gasteiger partial charge in [0.1, 0.15) is 12.4 Å². The maximum Gasteiger partial charge on any atom is 0.338 e. The monoisotopic (exact) mass is 334 g/mol.